The lowest BCUT2D eigenvalue weighted by atomic mass is 9.84. The Bertz CT molecular complexity index is 336. The summed E-state index contributed by atoms with van der Waals surface area (Å²) in [7, 11) is 0. The lowest BCUT2D eigenvalue weighted by Gasteiger charge is -2.25. The Hall–Kier alpha value is -0.930. The van der Waals surface area contributed by atoms with Crippen molar-refractivity contribution in [1.29, 1.82) is 0 Å². The molecule has 0 amide bonds. The molecule has 0 aliphatic carbocycles. The van der Waals surface area contributed by atoms with E-state index in [1.165, 1.54) is 6.07 Å². The summed E-state index contributed by atoms with van der Waals surface area (Å²) in [4.78, 5) is 0. The number of benzene rings is 1. The molecule has 14 heavy (non-hydrogen) atoms. The molecule has 1 saturated heterocycles. The van der Waals surface area contributed by atoms with E-state index in [0.29, 0.717) is 0 Å². The highest BCUT2D eigenvalue weighted by atomic mass is 19.1. The van der Waals surface area contributed by atoms with Crippen molar-refractivity contribution in [3.05, 3.63) is 35.6 Å². The molecule has 0 bridgehead atoms. The average Bonchev–Trinajstić information content (AvgIpc) is 2.45. The van der Waals surface area contributed by atoms with E-state index in [4.69, 9.17) is 5.73 Å². The highest BCUT2D eigenvalue weighted by Crippen LogP contribution is 2.29. The highest BCUT2D eigenvalue weighted by molar-refractivity contribution is 5.26. The summed E-state index contributed by atoms with van der Waals surface area (Å²) < 4.78 is 13.0. The van der Waals surface area contributed by atoms with Gasteiger partial charge in [-0.15, -0.1) is 0 Å². The minimum absolute atomic E-state index is 0.190. The molecule has 2 atom stereocenters. The molecule has 1 aliphatic rings. The first-order chi connectivity index (χ1) is 6.59. The van der Waals surface area contributed by atoms with Gasteiger partial charge in [-0.2, -0.15) is 0 Å². The first kappa shape index (κ1) is 9.62. The lowest BCUT2D eigenvalue weighted by Crippen LogP contribution is -2.42. The van der Waals surface area contributed by atoms with Crippen LogP contribution in [-0.4, -0.2) is 18.6 Å². The van der Waals surface area contributed by atoms with Crippen LogP contribution < -0.4 is 11.1 Å². The Balaban J connectivity index is 2.31. The minimum Gasteiger partial charge on any atom is -0.324 e. The molecule has 3 heteroatoms. The van der Waals surface area contributed by atoms with Crippen LogP contribution in [0.1, 0.15) is 18.4 Å². The Kier molecular flexibility index (Phi) is 2.29. The molecule has 0 radical (unpaired) electrons. The maximum atomic E-state index is 13.0. The molecular weight excluding hydrogens is 179 g/mol. The zero-order chi connectivity index (χ0) is 10.2. The highest BCUT2D eigenvalue weighted by Gasteiger charge is 2.35. The number of halogens is 1. The van der Waals surface area contributed by atoms with E-state index in [1.807, 2.05) is 13.0 Å². The topological polar surface area (TPSA) is 38.0 Å². The van der Waals surface area contributed by atoms with E-state index in [2.05, 4.69) is 5.32 Å². The van der Waals surface area contributed by atoms with E-state index in [1.54, 1.807) is 12.1 Å². The van der Waals surface area contributed by atoms with Gasteiger partial charge in [0.2, 0.25) is 0 Å². The Morgan fingerprint density at radius 3 is 2.93 bits per heavy atom. The number of nitrogens with one attached hydrogen (secondary N) is 1. The maximum absolute atomic E-state index is 13.0. The number of hydrogen-bond acceptors (Lipinski definition) is 2. The van der Waals surface area contributed by atoms with Crippen molar-refractivity contribution in [2.45, 2.75) is 18.4 Å². The molecule has 0 saturated carbocycles. The van der Waals surface area contributed by atoms with Crippen LogP contribution in [0.4, 0.5) is 4.39 Å². The standard InChI is InChI=1S/C11H15FN2/c1-11(13)7-14-6-10(11)8-3-2-4-9(12)5-8/h2-5,10,14H,6-7,13H2,1H3/t10-,11+/m0/s1. The quantitative estimate of drug-likeness (QED) is 0.705. The smallest absolute Gasteiger partial charge is 0.123 e. The molecule has 76 valence electrons. The van der Waals surface area contributed by atoms with Gasteiger partial charge in [0.1, 0.15) is 5.82 Å². The van der Waals surface area contributed by atoms with Gasteiger partial charge in [0.25, 0.3) is 0 Å². The molecule has 0 unspecified atom stereocenters. The summed E-state index contributed by atoms with van der Waals surface area (Å²) in [6, 6.07) is 6.70. The van der Waals surface area contributed by atoms with Crippen molar-refractivity contribution < 1.29 is 4.39 Å². The second kappa shape index (κ2) is 3.33. The van der Waals surface area contributed by atoms with Gasteiger partial charge in [-0.25, -0.2) is 4.39 Å². The molecular formula is C11H15FN2. The summed E-state index contributed by atoms with van der Waals surface area (Å²) in [5.74, 6) is 0.0170. The molecule has 1 aromatic rings. The molecule has 1 heterocycles. The van der Waals surface area contributed by atoms with Crippen LogP contribution in [0.25, 0.3) is 0 Å². The largest absolute Gasteiger partial charge is 0.324 e. The molecule has 0 aromatic heterocycles. The molecule has 2 nitrogen and oxygen atoms in total. The zero-order valence-corrected chi connectivity index (χ0v) is 8.26. The van der Waals surface area contributed by atoms with E-state index in [0.717, 1.165) is 18.7 Å². The van der Waals surface area contributed by atoms with Crippen molar-refractivity contribution in [1.82, 2.24) is 5.32 Å². The van der Waals surface area contributed by atoms with Crippen LogP contribution in [0.15, 0.2) is 24.3 Å². The van der Waals surface area contributed by atoms with Crippen molar-refractivity contribution in [3.8, 4) is 0 Å². The molecule has 0 spiro atoms. The summed E-state index contributed by atoms with van der Waals surface area (Å²) in [6.45, 7) is 3.62. The van der Waals surface area contributed by atoms with Crippen LogP contribution in [-0.2, 0) is 0 Å². The third-order valence-electron chi connectivity index (χ3n) is 2.90. The first-order valence-electron chi connectivity index (χ1n) is 4.85. The summed E-state index contributed by atoms with van der Waals surface area (Å²) in [5.41, 5.74) is 6.84. The minimum atomic E-state index is -0.270. The van der Waals surface area contributed by atoms with Crippen LogP contribution in [0, 0.1) is 5.82 Å². The lowest BCUT2D eigenvalue weighted by molar-refractivity contribution is 0.461. The summed E-state index contributed by atoms with van der Waals surface area (Å²) in [5, 5.41) is 3.23. The number of rotatable bonds is 1. The normalized spacial score (nSPS) is 32.1. The van der Waals surface area contributed by atoms with Gasteiger partial charge in [-0.1, -0.05) is 12.1 Å². The first-order valence-corrected chi connectivity index (χ1v) is 4.85. The van der Waals surface area contributed by atoms with Crippen molar-refractivity contribution in [2.24, 2.45) is 5.73 Å². The number of nitrogens with two attached hydrogens (primary N) is 1. The predicted octanol–water partition coefficient (Wildman–Crippen LogP) is 1.23. The molecule has 1 aliphatic heterocycles. The van der Waals surface area contributed by atoms with Crippen LogP contribution in [0.3, 0.4) is 0 Å². The van der Waals surface area contributed by atoms with Gasteiger partial charge < -0.3 is 11.1 Å². The van der Waals surface area contributed by atoms with E-state index in [9.17, 15) is 4.39 Å². The van der Waals surface area contributed by atoms with E-state index >= 15 is 0 Å². The summed E-state index contributed by atoms with van der Waals surface area (Å²) >= 11 is 0. The molecule has 3 N–H and O–H groups in total. The fraction of sp³-hybridized carbons (Fsp3) is 0.455. The van der Waals surface area contributed by atoms with Gasteiger partial charge in [0.05, 0.1) is 0 Å². The fourth-order valence-electron chi connectivity index (χ4n) is 2.06. The number of hydrogen-bond donors (Lipinski definition) is 2. The SMILES string of the molecule is C[C@@]1(N)CNC[C@H]1c1cccc(F)c1. The van der Waals surface area contributed by atoms with Gasteiger partial charge in [-0.3, -0.25) is 0 Å². The maximum Gasteiger partial charge on any atom is 0.123 e. The third-order valence-corrected chi connectivity index (χ3v) is 2.90. The van der Waals surface area contributed by atoms with Crippen LogP contribution in [0.2, 0.25) is 0 Å². The van der Waals surface area contributed by atoms with Crippen molar-refractivity contribution in [2.75, 3.05) is 13.1 Å². The third kappa shape index (κ3) is 1.65. The monoisotopic (exact) mass is 194 g/mol. The molecule has 1 aromatic carbocycles. The second-order valence-electron chi connectivity index (χ2n) is 4.24. The van der Waals surface area contributed by atoms with Gasteiger partial charge in [-0.05, 0) is 24.6 Å². The van der Waals surface area contributed by atoms with Crippen molar-refractivity contribution >= 4 is 0 Å². The van der Waals surface area contributed by atoms with E-state index in [-0.39, 0.29) is 17.3 Å². The second-order valence-corrected chi connectivity index (χ2v) is 4.24. The fourth-order valence-corrected chi connectivity index (χ4v) is 2.06. The zero-order valence-electron chi connectivity index (χ0n) is 8.26. The van der Waals surface area contributed by atoms with Gasteiger partial charge in [0, 0.05) is 24.5 Å². The Morgan fingerprint density at radius 2 is 2.36 bits per heavy atom. The predicted molar refractivity (Wildman–Crippen MR) is 54.6 cm³/mol. The Morgan fingerprint density at radius 1 is 1.57 bits per heavy atom. The average molecular weight is 194 g/mol. The van der Waals surface area contributed by atoms with E-state index < -0.39 is 0 Å². The van der Waals surface area contributed by atoms with Crippen LogP contribution >= 0.6 is 0 Å². The molecule has 1 fully saturated rings. The summed E-state index contributed by atoms with van der Waals surface area (Å²) in [6.07, 6.45) is 0. The van der Waals surface area contributed by atoms with Crippen molar-refractivity contribution in [3.63, 3.8) is 0 Å². The molecule has 2 rings (SSSR count). The van der Waals surface area contributed by atoms with Crippen LogP contribution in [0.5, 0.6) is 0 Å². The van der Waals surface area contributed by atoms with Gasteiger partial charge in [0.15, 0.2) is 0 Å². The Labute approximate surface area is 83.3 Å². The van der Waals surface area contributed by atoms with Gasteiger partial charge >= 0.3 is 0 Å².